The predicted octanol–water partition coefficient (Wildman–Crippen LogP) is 3.77. The molecular weight excluding hydrogens is 286 g/mol. The van der Waals surface area contributed by atoms with Crippen molar-refractivity contribution in [3.8, 4) is 0 Å². The number of nitrogens with two attached hydrogens (primary N) is 1. The van der Waals surface area contributed by atoms with Gasteiger partial charge in [-0.15, -0.1) is 0 Å². The molecule has 23 heavy (non-hydrogen) atoms. The molecule has 0 aromatic heterocycles. The summed E-state index contributed by atoms with van der Waals surface area (Å²) < 4.78 is 0. The Hall–Kier alpha value is -2.75. The first-order valence-corrected chi connectivity index (χ1v) is 7.82. The number of nitrogen functional groups attached to an aromatic ring is 1. The lowest BCUT2D eigenvalue weighted by Gasteiger charge is -2.21. The maximum Gasteiger partial charge on any atom is 0.248 e. The standard InChI is InChI=1S/C19H23N3O/c1-3-22(4-2)18-12-10-17(11-13-18)21-19(23)14-7-15-5-8-16(20)9-6-15/h5-14H,3-4,20H2,1-2H3,(H,21,23)/b14-7+. The number of hydrogen-bond acceptors (Lipinski definition) is 3. The number of carbonyl (C=O) groups excluding carboxylic acids is 1. The van der Waals surface area contributed by atoms with E-state index in [1.54, 1.807) is 6.08 Å². The molecule has 0 atom stereocenters. The third-order valence-corrected chi connectivity index (χ3v) is 3.63. The van der Waals surface area contributed by atoms with E-state index < -0.39 is 0 Å². The van der Waals surface area contributed by atoms with Crippen LogP contribution in [0.1, 0.15) is 19.4 Å². The third-order valence-electron chi connectivity index (χ3n) is 3.63. The second-order valence-electron chi connectivity index (χ2n) is 5.21. The highest BCUT2D eigenvalue weighted by Gasteiger charge is 2.02. The highest BCUT2D eigenvalue weighted by Crippen LogP contribution is 2.17. The normalized spacial score (nSPS) is 10.7. The summed E-state index contributed by atoms with van der Waals surface area (Å²) in [6, 6.07) is 15.2. The van der Waals surface area contributed by atoms with Crippen LogP contribution in [-0.4, -0.2) is 19.0 Å². The third kappa shape index (κ3) is 4.88. The van der Waals surface area contributed by atoms with Crippen LogP contribution >= 0.6 is 0 Å². The van der Waals surface area contributed by atoms with E-state index in [1.807, 2.05) is 48.5 Å². The Morgan fingerprint density at radius 2 is 1.65 bits per heavy atom. The Bertz CT molecular complexity index is 656. The summed E-state index contributed by atoms with van der Waals surface area (Å²) in [5.74, 6) is -0.155. The first kappa shape index (κ1) is 16.6. The zero-order valence-corrected chi connectivity index (χ0v) is 13.6. The summed E-state index contributed by atoms with van der Waals surface area (Å²) in [7, 11) is 0. The Morgan fingerprint density at radius 1 is 1.04 bits per heavy atom. The molecular formula is C19H23N3O. The van der Waals surface area contributed by atoms with Crippen LogP contribution in [0.5, 0.6) is 0 Å². The zero-order valence-electron chi connectivity index (χ0n) is 13.6. The van der Waals surface area contributed by atoms with E-state index in [4.69, 9.17) is 5.73 Å². The summed E-state index contributed by atoms with van der Waals surface area (Å²) in [5.41, 5.74) is 9.22. The molecule has 4 heteroatoms. The van der Waals surface area contributed by atoms with Crippen LogP contribution in [0.4, 0.5) is 17.1 Å². The van der Waals surface area contributed by atoms with Crippen LogP contribution in [-0.2, 0) is 4.79 Å². The first-order chi connectivity index (χ1) is 11.1. The molecule has 4 nitrogen and oxygen atoms in total. The van der Waals surface area contributed by atoms with Crippen molar-refractivity contribution >= 4 is 29.0 Å². The summed E-state index contributed by atoms with van der Waals surface area (Å²) in [6.45, 7) is 6.18. The van der Waals surface area contributed by atoms with Crippen LogP contribution in [0.15, 0.2) is 54.6 Å². The van der Waals surface area contributed by atoms with Gasteiger partial charge >= 0.3 is 0 Å². The minimum absolute atomic E-state index is 0.155. The number of hydrogen-bond donors (Lipinski definition) is 2. The van der Waals surface area contributed by atoms with E-state index in [0.717, 1.165) is 30.0 Å². The first-order valence-electron chi connectivity index (χ1n) is 7.82. The zero-order chi connectivity index (χ0) is 16.7. The molecule has 0 fully saturated rings. The molecule has 0 heterocycles. The van der Waals surface area contributed by atoms with Gasteiger partial charge in [-0.1, -0.05) is 12.1 Å². The minimum atomic E-state index is -0.155. The molecule has 0 spiro atoms. The van der Waals surface area contributed by atoms with Crippen molar-refractivity contribution in [2.45, 2.75) is 13.8 Å². The molecule has 120 valence electrons. The summed E-state index contributed by atoms with van der Waals surface area (Å²) in [6.07, 6.45) is 3.28. The SMILES string of the molecule is CCN(CC)c1ccc(NC(=O)/C=C/c2ccc(N)cc2)cc1. The molecule has 0 aliphatic carbocycles. The number of rotatable bonds is 6. The fourth-order valence-corrected chi connectivity index (χ4v) is 2.31. The number of benzene rings is 2. The molecule has 0 aliphatic rings. The van der Waals surface area contributed by atoms with E-state index in [-0.39, 0.29) is 5.91 Å². The Balaban J connectivity index is 1.96. The van der Waals surface area contributed by atoms with Crippen LogP contribution < -0.4 is 16.0 Å². The molecule has 2 rings (SSSR count). The largest absolute Gasteiger partial charge is 0.399 e. The quantitative estimate of drug-likeness (QED) is 0.631. The van der Waals surface area contributed by atoms with Crippen molar-refractivity contribution in [2.75, 3.05) is 29.0 Å². The minimum Gasteiger partial charge on any atom is -0.399 e. The van der Waals surface area contributed by atoms with Gasteiger partial charge in [0, 0.05) is 36.2 Å². The van der Waals surface area contributed by atoms with Crippen LogP contribution in [0, 0.1) is 0 Å². The van der Waals surface area contributed by atoms with Gasteiger partial charge in [0.25, 0.3) is 0 Å². The second-order valence-corrected chi connectivity index (χ2v) is 5.21. The monoisotopic (exact) mass is 309 g/mol. The van der Waals surface area contributed by atoms with E-state index in [2.05, 4.69) is 24.1 Å². The topological polar surface area (TPSA) is 58.4 Å². The van der Waals surface area contributed by atoms with Crippen molar-refractivity contribution in [2.24, 2.45) is 0 Å². The van der Waals surface area contributed by atoms with Crippen LogP contribution in [0.25, 0.3) is 6.08 Å². The molecule has 2 aromatic carbocycles. The van der Waals surface area contributed by atoms with Gasteiger partial charge in [0.15, 0.2) is 0 Å². The van der Waals surface area contributed by atoms with Gasteiger partial charge in [-0.3, -0.25) is 4.79 Å². The number of amides is 1. The molecule has 0 saturated heterocycles. The van der Waals surface area contributed by atoms with Crippen LogP contribution in [0.2, 0.25) is 0 Å². The smallest absolute Gasteiger partial charge is 0.248 e. The lowest BCUT2D eigenvalue weighted by Crippen LogP contribution is -2.21. The lowest BCUT2D eigenvalue weighted by molar-refractivity contribution is -0.111. The molecule has 1 amide bonds. The molecule has 0 aliphatic heterocycles. The van der Waals surface area contributed by atoms with Gasteiger partial charge in [0.05, 0.1) is 0 Å². The Morgan fingerprint density at radius 3 is 2.22 bits per heavy atom. The Kier molecular flexibility index (Phi) is 5.80. The molecule has 3 N–H and O–H groups in total. The molecule has 2 aromatic rings. The summed E-state index contributed by atoms with van der Waals surface area (Å²) >= 11 is 0. The van der Waals surface area contributed by atoms with Gasteiger partial charge in [-0.2, -0.15) is 0 Å². The average Bonchev–Trinajstić information content (AvgIpc) is 2.57. The van der Waals surface area contributed by atoms with E-state index in [0.29, 0.717) is 5.69 Å². The number of anilines is 3. The number of carbonyl (C=O) groups is 1. The van der Waals surface area contributed by atoms with Gasteiger partial charge in [0.1, 0.15) is 0 Å². The van der Waals surface area contributed by atoms with E-state index >= 15 is 0 Å². The average molecular weight is 309 g/mol. The van der Waals surface area contributed by atoms with Gasteiger partial charge in [0.2, 0.25) is 5.91 Å². The molecule has 0 saturated carbocycles. The summed E-state index contributed by atoms with van der Waals surface area (Å²) in [5, 5.41) is 2.86. The van der Waals surface area contributed by atoms with Gasteiger partial charge < -0.3 is 16.0 Å². The fourth-order valence-electron chi connectivity index (χ4n) is 2.31. The van der Waals surface area contributed by atoms with Crippen molar-refractivity contribution in [1.29, 1.82) is 0 Å². The number of nitrogens with zero attached hydrogens (tertiary/aromatic N) is 1. The highest BCUT2D eigenvalue weighted by molar-refractivity contribution is 6.02. The molecule has 0 bridgehead atoms. The molecule has 0 unspecified atom stereocenters. The molecule has 0 radical (unpaired) electrons. The summed E-state index contributed by atoms with van der Waals surface area (Å²) in [4.78, 5) is 14.2. The predicted molar refractivity (Wildman–Crippen MR) is 98.5 cm³/mol. The van der Waals surface area contributed by atoms with Crippen LogP contribution in [0.3, 0.4) is 0 Å². The second kappa shape index (κ2) is 8.03. The lowest BCUT2D eigenvalue weighted by atomic mass is 10.2. The fraction of sp³-hybridized carbons (Fsp3) is 0.211. The highest BCUT2D eigenvalue weighted by atomic mass is 16.1. The maximum absolute atomic E-state index is 12.0. The maximum atomic E-state index is 12.0. The van der Waals surface area contributed by atoms with Crippen molar-refractivity contribution in [1.82, 2.24) is 0 Å². The van der Waals surface area contributed by atoms with Crippen molar-refractivity contribution < 1.29 is 4.79 Å². The van der Waals surface area contributed by atoms with Gasteiger partial charge in [-0.05, 0) is 61.9 Å². The van der Waals surface area contributed by atoms with Crippen molar-refractivity contribution in [3.63, 3.8) is 0 Å². The van der Waals surface area contributed by atoms with E-state index in [1.165, 1.54) is 6.08 Å². The van der Waals surface area contributed by atoms with E-state index in [9.17, 15) is 4.79 Å². The van der Waals surface area contributed by atoms with Crippen molar-refractivity contribution in [3.05, 3.63) is 60.2 Å². The number of nitrogens with one attached hydrogen (secondary N) is 1. The Labute approximate surface area is 137 Å². The van der Waals surface area contributed by atoms with Gasteiger partial charge in [-0.25, -0.2) is 0 Å².